The van der Waals surface area contributed by atoms with Crippen molar-refractivity contribution in [2.45, 2.75) is 33.8 Å². The molecule has 3 aromatic carbocycles. The van der Waals surface area contributed by atoms with Gasteiger partial charge in [-0.05, 0) is 96.5 Å². The molecule has 0 radical (unpaired) electrons. The minimum Gasteiger partial charge on any atom is -0.490 e. The summed E-state index contributed by atoms with van der Waals surface area (Å²) in [5.74, 6) is 1.58. The first-order valence-corrected chi connectivity index (χ1v) is 13.1. The second-order valence-electron chi connectivity index (χ2n) is 7.82. The minimum absolute atomic E-state index is 0.270. The Bertz CT molecular complexity index is 1220. The number of carbonyl (C=O) groups is 1. The molecular formula is C28H30FIN2O5. The summed E-state index contributed by atoms with van der Waals surface area (Å²) in [4.78, 5) is 12.7. The van der Waals surface area contributed by atoms with Gasteiger partial charge in [0.25, 0.3) is 5.91 Å². The van der Waals surface area contributed by atoms with Gasteiger partial charge in [-0.3, -0.25) is 4.79 Å². The van der Waals surface area contributed by atoms with Crippen molar-refractivity contribution < 1.29 is 28.1 Å². The predicted octanol–water partition coefficient (Wildman–Crippen LogP) is 6.36. The monoisotopic (exact) mass is 620 g/mol. The van der Waals surface area contributed by atoms with E-state index in [0.29, 0.717) is 48.4 Å². The Morgan fingerprint density at radius 2 is 1.65 bits per heavy atom. The average molecular weight is 620 g/mol. The number of hydrogen-bond donors (Lipinski definition) is 1. The van der Waals surface area contributed by atoms with Gasteiger partial charge in [-0.1, -0.05) is 19.1 Å². The van der Waals surface area contributed by atoms with Gasteiger partial charge in [0.05, 0.1) is 29.6 Å². The first-order chi connectivity index (χ1) is 17.9. The molecule has 0 atom stereocenters. The third-order valence-electron chi connectivity index (χ3n) is 4.98. The first-order valence-electron chi connectivity index (χ1n) is 12.0. The lowest BCUT2D eigenvalue weighted by atomic mass is 10.2. The van der Waals surface area contributed by atoms with Crippen LogP contribution in [-0.2, 0) is 6.61 Å². The number of rotatable bonds is 13. The summed E-state index contributed by atoms with van der Waals surface area (Å²) in [5, 5.41) is 4.11. The zero-order valence-electron chi connectivity index (χ0n) is 21.1. The molecule has 3 aromatic rings. The maximum absolute atomic E-state index is 13.2. The molecule has 0 saturated heterocycles. The fraction of sp³-hybridized carbons (Fsp3) is 0.286. The number of amides is 1. The van der Waals surface area contributed by atoms with Gasteiger partial charge < -0.3 is 18.9 Å². The molecule has 0 aromatic heterocycles. The Labute approximate surface area is 230 Å². The van der Waals surface area contributed by atoms with E-state index in [1.54, 1.807) is 36.4 Å². The smallest absolute Gasteiger partial charge is 0.271 e. The molecule has 0 spiro atoms. The Hall–Kier alpha value is -3.34. The number of halogens is 2. The lowest BCUT2D eigenvalue weighted by Crippen LogP contribution is -2.18. The Balaban J connectivity index is 1.70. The molecule has 0 bridgehead atoms. The number of ether oxygens (including phenoxy) is 4. The van der Waals surface area contributed by atoms with E-state index in [1.165, 1.54) is 18.3 Å². The fourth-order valence-electron chi connectivity index (χ4n) is 3.28. The van der Waals surface area contributed by atoms with Crippen LogP contribution in [0.4, 0.5) is 4.39 Å². The highest BCUT2D eigenvalue weighted by Gasteiger charge is 2.14. The number of carbonyl (C=O) groups excluding carboxylic acids is 1. The summed E-state index contributed by atoms with van der Waals surface area (Å²) in [6.45, 7) is 7.51. The van der Waals surface area contributed by atoms with Crippen LogP contribution in [0.2, 0.25) is 0 Å². The number of hydrazone groups is 1. The van der Waals surface area contributed by atoms with Crippen LogP contribution >= 0.6 is 22.6 Å². The molecule has 7 nitrogen and oxygen atoms in total. The van der Waals surface area contributed by atoms with Crippen molar-refractivity contribution >= 4 is 34.7 Å². The highest BCUT2D eigenvalue weighted by Crippen LogP contribution is 2.34. The van der Waals surface area contributed by atoms with Crippen LogP contribution in [0.15, 0.2) is 59.7 Å². The van der Waals surface area contributed by atoms with E-state index >= 15 is 0 Å². The highest BCUT2D eigenvalue weighted by molar-refractivity contribution is 14.1. The van der Waals surface area contributed by atoms with Crippen molar-refractivity contribution in [1.29, 1.82) is 0 Å². The summed E-state index contributed by atoms with van der Waals surface area (Å²) < 4.78 is 37.0. The number of nitrogens with zero attached hydrogens (tertiary/aromatic N) is 1. The van der Waals surface area contributed by atoms with Crippen molar-refractivity contribution in [2.75, 3.05) is 19.8 Å². The molecule has 1 amide bonds. The molecule has 0 aliphatic heterocycles. The maximum Gasteiger partial charge on any atom is 0.271 e. The van der Waals surface area contributed by atoms with E-state index in [2.05, 4.69) is 33.1 Å². The van der Waals surface area contributed by atoms with Gasteiger partial charge in [-0.25, -0.2) is 9.82 Å². The van der Waals surface area contributed by atoms with Crippen LogP contribution in [0, 0.1) is 9.39 Å². The van der Waals surface area contributed by atoms with Gasteiger partial charge in [0, 0.05) is 5.56 Å². The van der Waals surface area contributed by atoms with Gasteiger partial charge in [-0.2, -0.15) is 5.10 Å². The van der Waals surface area contributed by atoms with Crippen molar-refractivity contribution in [3.05, 3.63) is 80.7 Å². The van der Waals surface area contributed by atoms with E-state index < -0.39 is 0 Å². The lowest BCUT2D eigenvalue weighted by Gasteiger charge is -2.15. The summed E-state index contributed by atoms with van der Waals surface area (Å²) >= 11 is 2.16. The van der Waals surface area contributed by atoms with Crippen molar-refractivity contribution in [1.82, 2.24) is 5.43 Å². The van der Waals surface area contributed by atoms with Crippen LogP contribution in [0.1, 0.15) is 48.7 Å². The highest BCUT2D eigenvalue weighted by atomic mass is 127. The molecule has 0 fully saturated rings. The van der Waals surface area contributed by atoms with E-state index in [-0.39, 0.29) is 18.3 Å². The zero-order chi connectivity index (χ0) is 26.6. The molecule has 196 valence electrons. The molecule has 0 aliphatic rings. The third-order valence-corrected chi connectivity index (χ3v) is 5.78. The normalized spacial score (nSPS) is 10.8. The molecule has 3 rings (SSSR count). The Morgan fingerprint density at radius 3 is 2.35 bits per heavy atom. The molecule has 9 heteroatoms. The standard InChI is InChI=1S/C28H30FIN2O5/c1-4-13-36-24-12-9-21(16-25(24)34-5-2)28(33)32-31-17-20-14-23(30)27(26(15-20)35-6-3)37-18-19-7-10-22(29)11-8-19/h7-12,14-17H,4-6,13,18H2,1-3H3,(H,32,33)/b31-17+. The van der Waals surface area contributed by atoms with Crippen LogP contribution < -0.4 is 24.4 Å². The molecular weight excluding hydrogens is 590 g/mol. The van der Waals surface area contributed by atoms with E-state index in [4.69, 9.17) is 18.9 Å². The Morgan fingerprint density at radius 1 is 0.919 bits per heavy atom. The van der Waals surface area contributed by atoms with Gasteiger partial charge in [0.15, 0.2) is 23.0 Å². The van der Waals surface area contributed by atoms with Gasteiger partial charge in [-0.15, -0.1) is 0 Å². The van der Waals surface area contributed by atoms with Gasteiger partial charge in [0.2, 0.25) is 0 Å². The molecule has 0 heterocycles. The van der Waals surface area contributed by atoms with Crippen LogP contribution in [-0.4, -0.2) is 31.9 Å². The minimum atomic E-state index is -0.377. The predicted molar refractivity (Wildman–Crippen MR) is 150 cm³/mol. The summed E-state index contributed by atoms with van der Waals surface area (Å²) in [5.41, 5.74) is 4.51. The zero-order valence-corrected chi connectivity index (χ0v) is 23.2. The van der Waals surface area contributed by atoms with Crippen molar-refractivity contribution in [2.24, 2.45) is 5.10 Å². The molecule has 0 saturated carbocycles. The summed E-state index contributed by atoms with van der Waals surface area (Å²) in [7, 11) is 0. The summed E-state index contributed by atoms with van der Waals surface area (Å²) in [6.07, 6.45) is 2.41. The first kappa shape index (κ1) is 28.2. The second-order valence-corrected chi connectivity index (χ2v) is 8.98. The third kappa shape index (κ3) is 8.34. The average Bonchev–Trinajstić information content (AvgIpc) is 2.88. The van der Waals surface area contributed by atoms with Gasteiger partial charge >= 0.3 is 0 Å². The van der Waals surface area contributed by atoms with Crippen LogP contribution in [0.3, 0.4) is 0 Å². The SMILES string of the molecule is CCCOc1ccc(C(=O)N/N=C/c2cc(I)c(OCc3ccc(F)cc3)c(OCC)c2)cc1OCC. The fourth-order valence-corrected chi connectivity index (χ4v) is 4.06. The van der Waals surface area contributed by atoms with E-state index in [1.807, 2.05) is 26.8 Å². The van der Waals surface area contributed by atoms with E-state index in [0.717, 1.165) is 21.1 Å². The molecule has 1 N–H and O–H groups in total. The largest absolute Gasteiger partial charge is 0.490 e. The quantitative estimate of drug-likeness (QED) is 0.137. The number of hydrogen-bond acceptors (Lipinski definition) is 6. The van der Waals surface area contributed by atoms with Crippen LogP contribution in [0.25, 0.3) is 0 Å². The molecule has 0 unspecified atom stereocenters. The summed E-state index contributed by atoms with van der Waals surface area (Å²) in [6, 6.07) is 14.8. The van der Waals surface area contributed by atoms with Crippen molar-refractivity contribution in [3.8, 4) is 23.0 Å². The Kier molecular flexibility index (Phi) is 11.0. The van der Waals surface area contributed by atoms with E-state index in [9.17, 15) is 9.18 Å². The maximum atomic E-state index is 13.2. The molecule has 37 heavy (non-hydrogen) atoms. The van der Waals surface area contributed by atoms with Gasteiger partial charge in [0.1, 0.15) is 12.4 Å². The number of nitrogens with one attached hydrogen (secondary N) is 1. The lowest BCUT2D eigenvalue weighted by molar-refractivity contribution is 0.0954. The van der Waals surface area contributed by atoms with Crippen LogP contribution in [0.5, 0.6) is 23.0 Å². The molecule has 0 aliphatic carbocycles. The second kappa shape index (κ2) is 14.4. The van der Waals surface area contributed by atoms with Crippen molar-refractivity contribution in [3.63, 3.8) is 0 Å². The topological polar surface area (TPSA) is 78.4 Å². The number of benzene rings is 3.